The molecule has 2 heterocycles. The van der Waals surface area contributed by atoms with E-state index in [2.05, 4.69) is 20.6 Å². The third-order valence-electron chi connectivity index (χ3n) is 6.14. The summed E-state index contributed by atoms with van der Waals surface area (Å²) >= 11 is 1.09. The first-order valence-electron chi connectivity index (χ1n) is 12.0. The number of thiazole rings is 1. The Morgan fingerprint density at radius 2 is 1.82 bits per heavy atom. The number of H-pyrrole nitrogens is 1. The van der Waals surface area contributed by atoms with E-state index in [0.717, 1.165) is 21.5 Å². The molecule has 0 saturated carbocycles. The Balaban J connectivity index is 1.69. The van der Waals surface area contributed by atoms with Gasteiger partial charge in [0.05, 0.1) is 0 Å². The number of imidazole rings is 1. The maximum atomic E-state index is 13.6. The van der Waals surface area contributed by atoms with E-state index in [0.29, 0.717) is 11.3 Å². The fraction of sp³-hybridized carbons (Fsp3) is 0.222. The molecular weight excluding hydrogens is 522 g/mol. The first kappa shape index (κ1) is 27.3. The molecule has 2 aromatic heterocycles. The number of nitrogens with one attached hydrogen (secondary N) is 3. The summed E-state index contributed by atoms with van der Waals surface area (Å²) < 4.78 is 6.41. The van der Waals surface area contributed by atoms with Gasteiger partial charge in [-0.1, -0.05) is 37.3 Å². The molecule has 0 radical (unpaired) electrons. The number of hydrogen-bond acceptors (Lipinski definition) is 8. The third kappa shape index (κ3) is 6.07. The topological polar surface area (TPSA) is 155 Å². The summed E-state index contributed by atoms with van der Waals surface area (Å²) in [6.07, 6.45) is 0. The largest absolute Gasteiger partial charge is 0.493 e. The molecule has 0 aliphatic heterocycles. The molecule has 4 aromatic rings. The van der Waals surface area contributed by atoms with Gasteiger partial charge in [0, 0.05) is 30.8 Å². The molecule has 0 saturated heterocycles. The van der Waals surface area contributed by atoms with Crippen LogP contribution < -0.4 is 21.1 Å². The summed E-state index contributed by atoms with van der Waals surface area (Å²) in [6, 6.07) is 14.4. The van der Waals surface area contributed by atoms with Gasteiger partial charge in [-0.3, -0.25) is 14.4 Å². The number of ketones is 1. The predicted molar refractivity (Wildman–Crippen MR) is 146 cm³/mol. The number of aromatic hydroxyl groups is 1. The highest BCUT2D eigenvalue weighted by atomic mass is 32.1. The Morgan fingerprint density at radius 1 is 1.13 bits per heavy atom. The van der Waals surface area contributed by atoms with E-state index < -0.39 is 29.4 Å². The lowest BCUT2D eigenvalue weighted by Gasteiger charge is -2.24. The molecule has 2 aromatic carbocycles. The standard InChI is InChI=1S/C27H27N5O6S/c1-15(17-7-5-4-6-8-17)23(24(35)31-26-29-20(14-39-26)16(2)33)32-25(36)22(30-27(32)37)18-9-11-19(12-10-18)38-13-21(34)28-3/h4-12,14-15,23,36H,13H2,1-3H3,(H,28,34)(H,30,37)(H,29,31,35)/t15-,23-/m0/s1. The number of rotatable bonds is 10. The van der Waals surface area contributed by atoms with Crippen molar-refractivity contribution in [3.8, 4) is 22.9 Å². The van der Waals surface area contributed by atoms with E-state index >= 15 is 0 Å². The predicted octanol–water partition coefficient (Wildman–Crippen LogP) is 3.32. The molecule has 4 rings (SSSR count). The van der Waals surface area contributed by atoms with Crippen molar-refractivity contribution in [2.24, 2.45) is 0 Å². The smallest absolute Gasteiger partial charge is 0.329 e. The van der Waals surface area contributed by atoms with Crippen LogP contribution in [-0.2, 0) is 9.59 Å². The Kier molecular flexibility index (Phi) is 8.25. The number of ether oxygens (including phenoxy) is 1. The molecular formula is C27H27N5O6S. The van der Waals surface area contributed by atoms with E-state index in [9.17, 15) is 24.3 Å². The number of carbonyl (C=O) groups excluding carboxylic acids is 3. The number of aromatic nitrogens is 3. The second-order valence-corrected chi connectivity index (χ2v) is 9.57. The number of likely N-dealkylation sites (N-methyl/N-ethyl adjacent to an activating group) is 1. The first-order valence-corrected chi connectivity index (χ1v) is 12.9. The number of anilines is 1. The molecule has 202 valence electrons. The van der Waals surface area contributed by atoms with Crippen molar-refractivity contribution < 1.29 is 24.2 Å². The van der Waals surface area contributed by atoms with E-state index in [1.807, 2.05) is 30.3 Å². The number of Topliss-reactive ketones (excluding diaryl/α,β-unsaturated/α-hetero) is 1. The SMILES string of the molecule is CNC(=O)COc1ccc(-c2[nH]c(=O)n([C@H](C(=O)Nc3nc(C(C)=O)cs3)[C@@H](C)c3ccccc3)c2O)cc1. The summed E-state index contributed by atoms with van der Waals surface area (Å²) in [7, 11) is 1.51. The van der Waals surface area contributed by atoms with Gasteiger partial charge in [0.25, 0.3) is 5.91 Å². The molecule has 2 amide bonds. The average Bonchev–Trinajstić information content (AvgIpc) is 3.52. The van der Waals surface area contributed by atoms with Gasteiger partial charge in [-0.05, 0) is 29.8 Å². The second-order valence-electron chi connectivity index (χ2n) is 8.71. The van der Waals surface area contributed by atoms with Crippen LogP contribution in [0.2, 0.25) is 0 Å². The average molecular weight is 550 g/mol. The maximum Gasteiger partial charge on any atom is 0.329 e. The normalized spacial score (nSPS) is 12.4. The highest BCUT2D eigenvalue weighted by Gasteiger charge is 2.33. The number of benzene rings is 2. The number of amides is 2. The van der Waals surface area contributed by atoms with Gasteiger partial charge >= 0.3 is 5.69 Å². The van der Waals surface area contributed by atoms with Gasteiger partial charge in [-0.15, -0.1) is 11.3 Å². The molecule has 0 aliphatic carbocycles. The zero-order valence-electron chi connectivity index (χ0n) is 21.4. The Bertz CT molecular complexity index is 1540. The van der Waals surface area contributed by atoms with Crippen molar-refractivity contribution >= 4 is 34.1 Å². The van der Waals surface area contributed by atoms with E-state index in [1.165, 1.54) is 19.4 Å². The highest BCUT2D eigenvalue weighted by molar-refractivity contribution is 7.14. The van der Waals surface area contributed by atoms with Crippen LogP contribution in [0.1, 0.15) is 41.9 Å². The van der Waals surface area contributed by atoms with Crippen LogP contribution in [0.15, 0.2) is 64.8 Å². The number of carbonyl (C=O) groups is 3. The summed E-state index contributed by atoms with van der Waals surface area (Å²) in [4.78, 5) is 56.6. The van der Waals surface area contributed by atoms with E-state index in [-0.39, 0.29) is 34.8 Å². The molecule has 11 nitrogen and oxygen atoms in total. The molecule has 0 unspecified atom stereocenters. The summed E-state index contributed by atoms with van der Waals surface area (Å²) in [5.41, 5.74) is 0.883. The van der Waals surface area contributed by atoms with Gasteiger partial charge in [0.2, 0.25) is 11.8 Å². The maximum absolute atomic E-state index is 13.6. The lowest BCUT2D eigenvalue weighted by atomic mass is 9.92. The Morgan fingerprint density at radius 3 is 2.44 bits per heavy atom. The summed E-state index contributed by atoms with van der Waals surface area (Å²) in [5, 5.41) is 18.1. The molecule has 39 heavy (non-hydrogen) atoms. The minimum Gasteiger partial charge on any atom is -0.493 e. The molecule has 0 fully saturated rings. The van der Waals surface area contributed by atoms with Gasteiger partial charge in [0.1, 0.15) is 23.2 Å². The van der Waals surface area contributed by atoms with Crippen molar-refractivity contribution in [2.75, 3.05) is 19.0 Å². The van der Waals surface area contributed by atoms with Gasteiger partial charge in [-0.25, -0.2) is 14.3 Å². The molecule has 0 bridgehead atoms. The number of nitrogens with zero attached hydrogens (tertiary/aromatic N) is 2. The lowest BCUT2D eigenvalue weighted by molar-refractivity contribution is -0.122. The van der Waals surface area contributed by atoms with Crippen LogP contribution >= 0.6 is 11.3 Å². The Hall–Kier alpha value is -4.71. The van der Waals surface area contributed by atoms with Gasteiger partial charge < -0.3 is 25.5 Å². The van der Waals surface area contributed by atoms with E-state index in [1.54, 1.807) is 31.2 Å². The Labute approximate surface area is 227 Å². The van der Waals surface area contributed by atoms with Crippen molar-refractivity contribution in [3.63, 3.8) is 0 Å². The summed E-state index contributed by atoms with van der Waals surface area (Å²) in [6.45, 7) is 3.00. The highest BCUT2D eigenvalue weighted by Crippen LogP contribution is 2.35. The zero-order valence-corrected chi connectivity index (χ0v) is 22.2. The van der Waals surface area contributed by atoms with Crippen molar-refractivity contribution in [3.05, 3.63) is 81.7 Å². The summed E-state index contributed by atoms with van der Waals surface area (Å²) in [5.74, 6) is -1.65. The quantitative estimate of drug-likeness (QED) is 0.221. The number of aromatic amines is 1. The van der Waals surface area contributed by atoms with Crippen molar-refractivity contribution in [1.29, 1.82) is 0 Å². The fourth-order valence-electron chi connectivity index (χ4n) is 4.02. The second kappa shape index (κ2) is 11.8. The molecule has 0 aliphatic rings. The van der Waals surface area contributed by atoms with Crippen LogP contribution in [0.4, 0.5) is 5.13 Å². The molecule has 12 heteroatoms. The monoisotopic (exact) mass is 549 g/mol. The van der Waals surface area contributed by atoms with Crippen LogP contribution in [0.3, 0.4) is 0 Å². The van der Waals surface area contributed by atoms with Gasteiger partial charge in [0.15, 0.2) is 17.5 Å². The third-order valence-corrected chi connectivity index (χ3v) is 6.89. The van der Waals surface area contributed by atoms with Crippen LogP contribution in [-0.4, -0.2) is 50.9 Å². The van der Waals surface area contributed by atoms with E-state index in [4.69, 9.17) is 4.74 Å². The van der Waals surface area contributed by atoms with Crippen molar-refractivity contribution in [1.82, 2.24) is 19.9 Å². The molecule has 2 atom stereocenters. The number of hydrogen-bond donors (Lipinski definition) is 4. The van der Waals surface area contributed by atoms with Crippen LogP contribution in [0.5, 0.6) is 11.6 Å². The lowest BCUT2D eigenvalue weighted by Crippen LogP contribution is -2.35. The van der Waals surface area contributed by atoms with Crippen molar-refractivity contribution in [2.45, 2.75) is 25.8 Å². The van der Waals surface area contributed by atoms with Crippen LogP contribution in [0.25, 0.3) is 11.3 Å². The minimum absolute atomic E-state index is 0.115. The zero-order chi connectivity index (χ0) is 28.1. The molecule has 4 N–H and O–H groups in total. The minimum atomic E-state index is -1.16. The van der Waals surface area contributed by atoms with Crippen LogP contribution in [0, 0.1) is 0 Å². The van der Waals surface area contributed by atoms with Gasteiger partial charge in [-0.2, -0.15) is 0 Å². The fourth-order valence-corrected chi connectivity index (χ4v) is 4.77. The first-order chi connectivity index (χ1) is 18.7. The molecule has 0 spiro atoms.